The lowest BCUT2D eigenvalue weighted by molar-refractivity contribution is -0.116. The first-order valence-electron chi connectivity index (χ1n) is 10.4. The highest BCUT2D eigenvalue weighted by atomic mass is 35.5. The average Bonchev–Trinajstić information content (AvgIpc) is 2.81. The molecule has 8 heteroatoms. The van der Waals surface area contributed by atoms with Gasteiger partial charge in [-0.1, -0.05) is 23.7 Å². The van der Waals surface area contributed by atoms with Crippen molar-refractivity contribution in [2.75, 3.05) is 12.4 Å². The lowest BCUT2D eigenvalue weighted by atomic mass is 10.2. The molecule has 0 saturated heterocycles. The van der Waals surface area contributed by atoms with E-state index < -0.39 is 0 Å². The molecule has 1 aromatic heterocycles. The Labute approximate surface area is 195 Å². The number of para-hydroxylation sites is 1. The number of aromatic nitrogens is 2. The molecule has 3 aromatic carbocycles. The van der Waals surface area contributed by atoms with Crippen LogP contribution in [0, 0.1) is 0 Å². The van der Waals surface area contributed by atoms with Crippen LogP contribution >= 0.6 is 11.6 Å². The first kappa shape index (κ1) is 22.4. The minimum absolute atomic E-state index is 0.181. The van der Waals surface area contributed by atoms with E-state index in [4.69, 9.17) is 21.1 Å². The van der Waals surface area contributed by atoms with Crippen LogP contribution in [0.2, 0.25) is 5.02 Å². The van der Waals surface area contributed by atoms with Gasteiger partial charge in [-0.25, -0.2) is 4.98 Å². The minimum atomic E-state index is -0.194. The Morgan fingerprint density at radius 1 is 1.06 bits per heavy atom. The first-order valence-corrected chi connectivity index (χ1v) is 10.8. The predicted molar refractivity (Wildman–Crippen MR) is 128 cm³/mol. The summed E-state index contributed by atoms with van der Waals surface area (Å²) in [4.78, 5) is 32.0. The van der Waals surface area contributed by atoms with Crippen LogP contribution in [0.15, 0.2) is 71.5 Å². The quantitative estimate of drug-likeness (QED) is 0.368. The minimum Gasteiger partial charge on any atom is -0.497 e. The zero-order valence-corrected chi connectivity index (χ0v) is 18.7. The number of fused-ring (bicyclic) bond motifs is 1. The van der Waals surface area contributed by atoms with Crippen LogP contribution in [0.1, 0.15) is 18.7 Å². The van der Waals surface area contributed by atoms with Crippen LogP contribution < -0.4 is 20.3 Å². The van der Waals surface area contributed by atoms with E-state index in [1.165, 1.54) is 0 Å². The molecule has 0 atom stereocenters. The highest BCUT2D eigenvalue weighted by Crippen LogP contribution is 2.33. The Morgan fingerprint density at radius 3 is 2.61 bits per heavy atom. The van der Waals surface area contributed by atoms with E-state index in [9.17, 15) is 9.59 Å². The number of rotatable bonds is 8. The summed E-state index contributed by atoms with van der Waals surface area (Å²) >= 11 is 6.12. The van der Waals surface area contributed by atoms with Gasteiger partial charge in [0.05, 0.1) is 23.7 Å². The SMILES string of the molecule is COc1ccc(Oc2ccc(Cl)cc2NC(=O)CCCc2nc3ccccc3c(=O)[nH]2)cc1. The molecule has 4 aromatic rings. The molecule has 0 aliphatic rings. The van der Waals surface area contributed by atoms with Gasteiger partial charge in [0.1, 0.15) is 17.3 Å². The van der Waals surface area contributed by atoms with Crippen LogP contribution in [-0.4, -0.2) is 23.0 Å². The van der Waals surface area contributed by atoms with Crippen LogP contribution in [0.5, 0.6) is 17.2 Å². The van der Waals surface area contributed by atoms with E-state index >= 15 is 0 Å². The van der Waals surface area contributed by atoms with E-state index in [-0.39, 0.29) is 17.9 Å². The van der Waals surface area contributed by atoms with Crippen molar-refractivity contribution in [1.82, 2.24) is 9.97 Å². The number of nitrogens with one attached hydrogen (secondary N) is 2. The Balaban J connectivity index is 1.39. The van der Waals surface area contributed by atoms with Crippen molar-refractivity contribution in [2.45, 2.75) is 19.3 Å². The second-order valence-corrected chi connectivity index (χ2v) is 7.79. The summed E-state index contributed by atoms with van der Waals surface area (Å²) in [7, 11) is 1.59. The molecule has 7 nitrogen and oxygen atoms in total. The Kier molecular flexibility index (Phi) is 6.90. The second-order valence-electron chi connectivity index (χ2n) is 7.35. The molecule has 0 saturated carbocycles. The molecule has 4 rings (SSSR count). The molecule has 0 aliphatic heterocycles. The van der Waals surface area contributed by atoms with Crippen molar-refractivity contribution < 1.29 is 14.3 Å². The third kappa shape index (κ3) is 5.70. The van der Waals surface area contributed by atoms with Crippen molar-refractivity contribution in [3.05, 3.63) is 87.9 Å². The van der Waals surface area contributed by atoms with Crippen molar-refractivity contribution >= 4 is 34.1 Å². The number of hydrogen-bond acceptors (Lipinski definition) is 5. The summed E-state index contributed by atoms with van der Waals surface area (Å²) in [5.41, 5.74) is 0.930. The summed E-state index contributed by atoms with van der Waals surface area (Å²) < 4.78 is 11.1. The normalized spacial score (nSPS) is 10.7. The Hall–Kier alpha value is -3.84. The molecule has 0 unspecified atom stereocenters. The van der Waals surface area contributed by atoms with E-state index in [1.807, 2.05) is 6.07 Å². The third-order valence-electron chi connectivity index (χ3n) is 4.98. The summed E-state index contributed by atoms with van der Waals surface area (Å²) in [5, 5.41) is 3.88. The van der Waals surface area contributed by atoms with Crippen LogP contribution in [0.3, 0.4) is 0 Å². The smallest absolute Gasteiger partial charge is 0.258 e. The zero-order valence-electron chi connectivity index (χ0n) is 17.9. The molecule has 0 fully saturated rings. The maximum absolute atomic E-state index is 12.6. The van der Waals surface area contributed by atoms with Gasteiger partial charge in [-0.2, -0.15) is 0 Å². The first-order chi connectivity index (χ1) is 16.0. The molecule has 168 valence electrons. The van der Waals surface area contributed by atoms with Crippen LogP contribution in [0.4, 0.5) is 5.69 Å². The molecule has 0 spiro atoms. The topological polar surface area (TPSA) is 93.3 Å². The molecular weight excluding hydrogens is 442 g/mol. The number of nitrogens with zero attached hydrogens (tertiary/aromatic N) is 1. The lowest BCUT2D eigenvalue weighted by Gasteiger charge is -2.13. The third-order valence-corrected chi connectivity index (χ3v) is 5.22. The predicted octanol–water partition coefficient (Wildman–Crippen LogP) is 5.34. The van der Waals surface area contributed by atoms with Crippen molar-refractivity contribution in [2.24, 2.45) is 0 Å². The van der Waals surface area contributed by atoms with E-state index in [1.54, 1.807) is 67.8 Å². The fourth-order valence-electron chi connectivity index (χ4n) is 3.34. The molecule has 0 aliphatic carbocycles. The molecule has 1 amide bonds. The number of aromatic amines is 1. The number of aryl methyl sites for hydroxylation is 1. The molecule has 0 radical (unpaired) electrons. The maximum Gasteiger partial charge on any atom is 0.258 e. The monoisotopic (exact) mass is 463 g/mol. The Bertz CT molecular complexity index is 1340. The number of carbonyl (C=O) groups excluding carboxylic acids is 1. The van der Waals surface area contributed by atoms with Gasteiger partial charge in [-0.3, -0.25) is 9.59 Å². The highest BCUT2D eigenvalue weighted by Gasteiger charge is 2.11. The standard InChI is InChI=1S/C25H22ClN3O4/c1-32-17-10-12-18(13-11-17)33-22-14-9-16(26)15-21(22)28-24(30)8-4-7-23-27-20-6-3-2-5-19(20)25(31)29-23/h2-3,5-6,9-15H,4,7-8H2,1H3,(H,28,30)(H,27,29,31). The van der Waals surface area contributed by atoms with Gasteiger partial charge in [0, 0.05) is 17.9 Å². The fraction of sp³-hybridized carbons (Fsp3) is 0.160. The van der Waals surface area contributed by atoms with E-state index in [0.717, 1.165) is 0 Å². The molecule has 33 heavy (non-hydrogen) atoms. The van der Waals surface area contributed by atoms with Crippen molar-refractivity contribution in [3.8, 4) is 17.2 Å². The Morgan fingerprint density at radius 2 is 1.82 bits per heavy atom. The van der Waals surface area contributed by atoms with Gasteiger partial charge in [-0.05, 0) is 61.0 Å². The maximum atomic E-state index is 12.6. The summed E-state index contributed by atoms with van der Waals surface area (Å²) in [6.45, 7) is 0. The largest absolute Gasteiger partial charge is 0.497 e. The van der Waals surface area contributed by atoms with Crippen molar-refractivity contribution in [1.29, 1.82) is 0 Å². The zero-order chi connectivity index (χ0) is 23.2. The number of halogens is 1. The fourth-order valence-corrected chi connectivity index (χ4v) is 3.51. The average molecular weight is 464 g/mol. The number of amides is 1. The second kappa shape index (κ2) is 10.2. The van der Waals surface area contributed by atoms with Gasteiger partial charge in [0.15, 0.2) is 5.75 Å². The summed E-state index contributed by atoms with van der Waals surface area (Å²) in [6.07, 6.45) is 1.23. The molecule has 0 bridgehead atoms. The van der Waals surface area contributed by atoms with Crippen molar-refractivity contribution in [3.63, 3.8) is 0 Å². The molecular formula is C25H22ClN3O4. The lowest BCUT2D eigenvalue weighted by Crippen LogP contribution is -2.14. The van der Waals surface area contributed by atoms with Crippen LogP contribution in [0.25, 0.3) is 10.9 Å². The summed E-state index contributed by atoms with van der Waals surface area (Å²) in [6, 6.07) is 19.3. The molecule has 1 heterocycles. The number of methoxy groups -OCH3 is 1. The number of hydrogen-bond donors (Lipinski definition) is 2. The number of carbonyl (C=O) groups is 1. The summed E-state index contributed by atoms with van der Waals surface area (Å²) in [5.74, 6) is 2.14. The molecule has 2 N–H and O–H groups in total. The van der Waals surface area contributed by atoms with Gasteiger partial charge in [-0.15, -0.1) is 0 Å². The number of ether oxygens (including phenoxy) is 2. The number of anilines is 1. The number of benzene rings is 3. The van der Waals surface area contributed by atoms with Gasteiger partial charge in [0.25, 0.3) is 5.56 Å². The van der Waals surface area contributed by atoms with Gasteiger partial charge >= 0.3 is 0 Å². The van der Waals surface area contributed by atoms with Gasteiger partial charge < -0.3 is 19.8 Å². The van der Waals surface area contributed by atoms with Crippen LogP contribution in [-0.2, 0) is 11.2 Å². The van der Waals surface area contributed by atoms with E-state index in [2.05, 4.69) is 15.3 Å². The van der Waals surface area contributed by atoms with Gasteiger partial charge in [0.2, 0.25) is 5.91 Å². The van der Waals surface area contributed by atoms with E-state index in [0.29, 0.717) is 57.5 Å². The number of H-pyrrole nitrogens is 1. The highest BCUT2D eigenvalue weighted by molar-refractivity contribution is 6.31.